The van der Waals surface area contributed by atoms with E-state index < -0.39 is 17.7 Å². The molecule has 0 aromatic rings. The Morgan fingerprint density at radius 3 is 1.17 bits per heavy atom. The lowest BCUT2D eigenvalue weighted by Crippen LogP contribution is -2.12. The van der Waals surface area contributed by atoms with Gasteiger partial charge in [0, 0.05) is 6.61 Å². The number of sulfone groups is 1. The molecule has 0 aromatic heterocycles. The molecule has 0 spiro atoms. The van der Waals surface area contributed by atoms with E-state index in [1.54, 1.807) is 0 Å². The van der Waals surface area contributed by atoms with Crippen LogP contribution in [0.25, 0.3) is 0 Å². The number of phosphoric acid groups is 1. The first-order valence-electron chi connectivity index (χ1n) is 11.2. The standard InChI is InChI=1S/C20H42O3S.H3O4P/c1-2-3-4-5-6-7-8-9-10-11-12-13-14-15-16-19-24(22,23)20-17-18-21;1-5(2,3)4/h21H,2-20H2,1H3;(H3,1,2,3,4). The van der Waals surface area contributed by atoms with E-state index in [-0.39, 0.29) is 12.4 Å². The van der Waals surface area contributed by atoms with Crippen molar-refractivity contribution in [2.75, 3.05) is 18.1 Å². The van der Waals surface area contributed by atoms with Gasteiger partial charge in [-0.1, -0.05) is 96.8 Å². The van der Waals surface area contributed by atoms with Gasteiger partial charge in [0.2, 0.25) is 0 Å². The Morgan fingerprint density at radius 1 is 0.586 bits per heavy atom. The fourth-order valence-corrected chi connectivity index (χ4v) is 4.50. The molecular weight excluding hydrogens is 415 g/mol. The molecule has 9 heteroatoms. The second-order valence-electron chi connectivity index (χ2n) is 7.69. The van der Waals surface area contributed by atoms with Crippen LogP contribution >= 0.6 is 7.82 Å². The van der Waals surface area contributed by atoms with Crippen LogP contribution in [-0.4, -0.2) is 46.3 Å². The summed E-state index contributed by atoms with van der Waals surface area (Å²) in [6.45, 7) is 2.24. The van der Waals surface area contributed by atoms with E-state index in [9.17, 15) is 8.42 Å². The summed E-state index contributed by atoms with van der Waals surface area (Å²) in [6.07, 6.45) is 19.8. The maximum atomic E-state index is 11.6. The van der Waals surface area contributed by atoms with Gasteiger partial charge >= 0.3 is 7.82 Å². The molecule has 0 aliphatic heterocycles. The van der Waals surface area contributed by atoms with Crippen molar-refractivity contribution in [2.24, 2.45) is 0 Å². The lowest BCUT2D eigenvalue weighted by Gasteiger charge is -2.04. The van der Waals surface area contributed by atoms with Crippen molar-refractivity contribution in [1.29, 1.82) is 0 Å². The van der Waals surface area contributed by atoms with E-state index in [1.807, 2.05) is 0 Å². The Bertz CT molecular complexity index is 469. The van der Waals surface area contributed by atoms with Crippen LogP contribution in [0, 0.1) is 0 Å². The highest BCUT2D eigenvalue weighted by atomic mass is 32.2. The molecule has 0 aliphatic rings. The largest absolute Gasteiger partial charge is 0.466 e. The third-order valence-corrected chi connectivity index (χ3v) is 6.49. The summed E-state index contributed by atoms with van der Waals surface area (Å²) in [4.78, 5) is 21.6. The van der Waals surface area contributed by atoms with E-state index in [4.69, 9.17) is 24.4 Å². The van der Waals surface area contributed by atoms with Crippen molar-refractivity contribution in [3.05, 3.63) is 0 Å². The first kappa shape index (κ1) is 31.2. The molecule has 178 valence electrons. The number of hydrogen-bond donors (Lipinski definition) is 4. The van der Waals surface area contributed by atoms with E-state index in [0.717, 1.165) is 19.3 Å². The molecule has 0 rings (SSSR count). The lowest BCUT2D eigenvalue weighted by atomic mass is 10.0. The predicted octanol–water partition coefficient (Wildman–Crippen LogP) is 4.73. The number of aliphatic hydroxyl groups is 1. The smallest absolute Gasteiger partial charge is 0.396 e. The van der Waals surface area contributed by atoms with Crippen LogP contribution in [0.2, 0.25) is 0 Å². The van der Waals surface area contributed by atoms with Crippen molar-refractivity contribution in [3.63, 3.8) is 0 Å². The van der Waals surface area contributed by atoms with Crippen molar-refractivity contribution < 1.29 is 32.8 Å². The van der Waals surface area contributed by atoms with Gasteiger partial charge in [-0.05, 0) is 12.8 Å². The molecule has 0 amide bonds. The Hall–Kier alpha value is 0.0200. The first-order chi connectivity index (χ1) is 13.6. The fourth-order valence-electron chi connectivity index (χ4n) is 3.08. The zero-order valence-corrected chi connectivity index (χ0v) is 20.0. The molecular formula is C20H45O7PS. The molecule has 0 unspecified atom stereocenters. The van der Waals surface area contributed by atoms with Crippen molar-refractivity contribution >= 4 is 17.7 Å². The molecule has 0 heterocycles. The van der Waals surface area contributed by atoms with Crippen molar-refractivity contribution in [1.82, 2.24) is 0 Å². The van der Waals surface area contributed by atoms with Crippen LogP contribution < -0.4 is 0 Å². The van der Waals surface area contributed by atoms with E-state index in [0.29, 0.717) is 12.2 Å². The molecule has 0 saturated carbocycles. The van der Waals surface area contributed by atoms with E-state index >= 15 is 0 Å². The zero-order chi connectivity index (χ0) is 22.4. The molecule has 0 aliphatic carbocycles. The minimum atomic E-state index is -4.64. The molecule has 0 saturated heterocycles. The van der Waals surface area contributed by atoms with Crippen molar-refractivity contribution in [2.45, 2.75) is 110 Å². The van der Waals surface area contributed by atoms with Crippen LogP contribution in [-0.2, 0) is 14.4 Å². The van der Waals surface area contributed by atoms with Crippen LogP contribution in [0.1, 0.15) is 110 Å². The first-order valence-corrected chi connectivity index (χ1v) is 14.6. The highest BCUT2D eigenvalue weighted by Crippen LogP contribution is 2.25. The quantitative estimate of drug-likeness (QED) is 0.162. The van der Waals surface area contributed by atoms with Crippen molar-refractivity contribution in [3.8, 4) is 0 Å². The predicted molar refractivity (Wildman–Crippen MR) is 120 cm³/mol. The molecule has 0 aromatic carbocycles. The molecule has 0 radical (unpaired) electrons. The molecule has 29 heavy (non-hydrogen) atoms. The van der Waals surface area contributed by atoms with Gasteiger partial charge in [0.25, 0.3) is 0 Å². The Kier molecular flexibility index (Phi) is 22.9. The summed E-state index contributed by atoms with van der Waals surface area (Å²) in [6, 6.07) is 0. The van der Waals surface area contributed by atoms with Gasteiger partial charge < -0.3 is 19.8 Å². The molecule has 7 nitrogen and oxygen atoms in total. The average molecular weight is 461 g/mol. The minimum Gasteiger partial charge on any atom is -0.396 e. The summed E-state index contributed by atoms with van der Waals surface area (Å²) < 4.78 is 32.1. The normalized spacial score (nSPS) is 11.9. The van der Waals surface area contributed by atoms with Gasteiger partial charge in [-0.2, -0.15) is 0 Å². The number of hydrogen-bond acceptors (Lipinski definition) is 4. The van der Waals surface area contributed by atoms with Gasteiger partial charge in [0.15, 0.2) is 0 Å². The van der Waals surface area contributed by atoms with Gasteiger partial charge in [-0.15, -0.1) is 0 Å². The van der Waals surface area contributed by atoms with Gasteiger partial charge in [-0.25, -0.2) is 13.0 Å². The zero-order valence-electron chi connectivity index (χ0n) is 18.3. The average Bonchev–Trinajstić information content (AvgIpc) is 2.62. The summed E-state index contributed by atoms with van der Waals surface area (Å²) in [5.41, 5.74) is 0. The van der Waals surface area contributed by atoms with Gasteiger partial charge in [0.05, 0.1) is 11.5 Å². The highest BCUT2D eigenvalue weighted by molar-refractivity contribution is 7.91. The van der Waals surface area contributed by atoms with E-state index in [1.165, 1.54) is 77.0 Å². The summed E-state index contributed by atoms with van der Waals surface area (Å²) in [7, 11) is -7.56. The number of aliphatic hydroxyl groups excluding tert-OH is 1. The van der Waals surface area contributed by atoms with Crippen LogP contribution in [0.3, 0.4) is 0 Å². The van der Waals surface area contributed by atoms with Gasteiger partial charge in [-0.3, -0.25) is 0 Å². The van der Waals surface area contributed by atoms with Gasteiger partial charge in [0.1, 0.15) is 9.84 Å². The summed E-state index contributed by atoms with van der Waals surface area (Å²) >= 11 is 0. The third kappa shape index (κ3) is 35.8. The number of rotatable bonds is 19. The maximum Gasteiger partial charge on any atom is 0.466 e. The summed E-state index contributed by atoms with van der Waals surface area (Å²) in [5, 5.41) is 8.67. The second-order valence-corrected chi connectivity index (χ2v) is 11.0. The maximum absolute atomic E-state index is 11.6. The van der Waals surface area contributed by atoms with Crippen LogP contribution in [0.15, 0.2) is 0 Å². The molecule has 0 atom stereocenters. The number of unbranched alkanes of at least 4 members (excludes halogenated alkanes) is 14. The highest BCUT2D eigenvalue weighted by Gasteiger charge is 2.09. The topological polar surface area (TPSA) is 132 Å². The monoisotopic (exact) mass is 460 g/mol. The fraction of sp³-hybridized carbons (Fsp3) is 1.00. The third-order valence-electron chi connectivity index (χ3n) is 4.67. The minimum absolute atomic E-state index is 0.0297. The summed E-state index contributed by atoms with van der Waals surface area (Å²) in [5.74, 6) is 0.438. The Balaban J connectivity index is 0. The van der Waals surface area contributed by atoms with Crippen LogP contribution in [0.5, 0.6) is 0 Å². The van der Waals surface area contributed by atoms with E-state index in [2.05, 4.69) is 6.92 Å². The SMILES string of the molecule is CCCCCCCCCCCCCCCCCS(=O)(=O)CCCO.O=P(O)(O)O. The lowest BCUT2D eigenvalue weighted by molar-refractivity contribution is 0.275. The van der Waals surface area contributed by atoms with Crippen LogP contribution in [0.4, 0.5) is 0 Å². The molecule has 0 bridgehead atoms. The second kappa shape index (κ2) is 21.3. The Morgan fingerprint density at radius 2 is 0.862 bits per heavy atom. The Labute approximate surface area is 178 Å². The molecule has 4 N–H and O–H groups in total. The molecule has 0 fully saturated rings.